The van der Waals surface area contributed by atoms with E-state index in [0.29, 0.717) is 11.3 Å². The molecule has 0 fully saturated rings. The highest BCUT2D eigenvalue weighted by Gasteiger charge is 2.18. The number of benzene rings is 1. The molecule has 19 heavy (non-hydrogen) atoms. The second-order valence-electron chi connectivity index (χ2n) is 5.21. The van der Waals surface area contributed by atoms with Gasteiger partial charge in [-0.3, -0.25) is 5.32 Å². The summed E-state index contributed by atoms with van der Waals surface area (Å²) in [5.74, 6) is -0.979. The zero-order chi connectivity index (χ0) is 14.6. The van der Waals surface area contributed by atoms with Gasteiger partial charge >= 0.3 is 6.09 Å². The molecule has 1 amide bonds. The SMILES string of the molecule is CC(C#N)c1cc(F)ccc1NC(=O)OC(C)(C)C. The number of anilines is 1. The van der Waals surface area contributed by atoms with Crippen LogP contribution in [0, 0.1) is 17.1 Å². The molecule has 0 spiro atoms. The van der Waals surface area contributed by atoms with Crippen molar-refractivity contribution < 1.29 is 13.9 Å². The van der Waals surface area contributed by atoms with Crippen LogP contribution in [0.15, 0.2) is 18.2 Å². The number of amides is 1. The van der Waals surface area contributed by atoms with Gasteiger partial charge in [-0.2, -0.15) is 5.26 Å². The van der Waals surface area contributed by atoms with Crippen molar-refractivity contribution in [3.63, 3.8) is 0 Å². The van der Waals surface area contributed by atoms with E-state index in [1.165, 1.54) is 18.2 Å². The largest absolute Gasteiger partial charge is 0.444 e. The molecule has 5 heteroatoms. The Balaban J connectivity index is 2.96. The molecule has 102 valence electrons. The molecule has 0 saturated carbocycles. The zero-order valence-corrected chi connectivity index (χ0v) is 11.5. The maximum Gasteiger partial charge on any atom is 0.412 e. The van der Waals surface area contributed by atoms with Crippen LogP contribution in [0.5, 0.6) is 0 Å². The molecule has 0 aromatic heterocycles. The molecule has 1 rings (SSSR count). The van der Waals surface area contributed by atoms with Gasteiger partial charge < -0.3 is 4.74 Å². The molecule has 0 heterocycles. The molecule has 0 aliphatic heterocycles. The van der Waals surface area contributed by atoms with Crippen LogP contribution in [0.2, 0.25) is 0 Å². The summed E-state index contributed by atoms with van der Waals surface area (Å²) in [4.78, 5) is 11.7. The van der Waals surface area contributed by atoms with Crippen LogP contribution in [0.4, 0.5) is 14.9 Å². The summed E-state index contributed by atoms with van der Waals surface area (Å²) in [6.45, 7) is 6.87. The third kappa shape index (κ3) is 4.59. The predicted molar refractivity (Wildman–Crippen MR) is 70.3 cm³/mol. The van der Waals surface area contributed by atoms with Gasteiger partial charge in [0.05, 0.1) is 12.0 Å². The molecular weight excluding hydrogens is 247 g/mol. The fourth-order valence-electron chi connectivity index (χ4n) is 1.49. The molecule has 0 aliphatic rings. The fourth-order valence-corrected chi connectivity index (χ4v) is 1.49. The molecule has 4 nitrogen and oxygen atoms in total. The Morgan fingerprint density at radius 2 is 2.11 bits per heavy atom. The highest BCUT2D eigenvalue weighted by Crippen LogP contribution is 2.25. The minimum Gasteiger partial charge on any atom is -0.444 e. The van der Waals surface area contributed by atoms with Crippen LogP contribution in [0.3, 0.4) is 0 Å². The lowest BCUT2D eigenvalue weighted by molar-refractivity contribution is 0.0635. The van der Waals surface area contributed by atoms with Gasteiger partial charge in [-0.15, -0.1) is 0 Å². The summed E-state index contributed by atoms with van der Waals surface area (Å²) in [7, 11) is 0. The number of halogens is 1. The minimum atomic E-state index is -0.634. The summed E-state index contributed by atoms with van der Waals surface area (Å²) in [5, 5.41) is 11.4. The Morgan fingerprint density at radius 1 is 1.47 bits per heavy atom. The number of carbonyl (C=O) groups is 1. The van der Waals surface area contributed by atoms with Gasteiger partial charge in [-0.05, 0) is 51.5 Å². The van der Waals surface area contributed by atoms with Gasteiger partial charge in [0.1, 0.15) is 11.4 Å². The first-order chi connectivity index (χ1) is 8.73. The van der Waals surface area contributed by atoms with Crippen LogP contribution in [-0.4, -0.2) is 11.7 Å². The Morgan fingerprint density at radius 3 is 2.63 bits per heavy atom. The number of hydrogen-bond donors (Lipinski definition) is 1. The standard InChI is InChI=1S/C14H17FN2O2/c1-9(8-16)11-7-10(15)5-6-12(11)17-13(18)19-14(2,3)4/h5-7,9H,1-4H3,(H,17,18). The molecule has 0 aliphatic carbocycles. The van der Waals surface area contributed by atoms with Crippen molar-refractivity contribution in [2.75, 3.05) is 5.32 Å². The molecule has 1 unspecified atom stereocenters. The Kier molecular flexibility index (Phi) is 4.49. The van der Waals surface area contributed by atoms with Crippen molar-refractivity contribution in [2.45, 2.75) is 39.2 Å². The monoisotopic (exact) mass is 264 g/mol. The minimum absolute atomic E-state index is 0.379. The van der Waals surface area contributed by atoms with E-state index >= 15 is 0 Å². The first-order valence-corrected chi connectivity index (χ1v) is 5.92. The van der Waals surface area contributed by atoms with E-state index < -0.39 is 23.4 Å². The Bertz CT molecular complexity index is 515. The topological polar surface area (TPSA) is 62.1 Å². The molecule has 1 aromatic carbocycles. The highest BCUT2D eigenvalue weighted by atomic mass is 19.1. The van der Waals surface area contributed by atoms with E-state index in [-0.39, 0.29) is 0 Å². The highest BCUT2D eigenvalue weighted by molar-refractivity contribution is 5.86. The maximum atomic E-state index is 13.2. The van der Waals surface area contributed by atoms with Gasteiger partial charge in [0.2, 0.25) is 0 Å². The first-order valence-electron chi connectivity index (χ1n) is 5.92. The van der Waals surface area contributed by atoms with Crippen LogP contribution in [0.1, 0.15) is 39.2 Å². The van der Waals surface area contributed by atoms with Gasteiger partial charge in [-0.25, -0.2) is 9.18 Å². The summed E-state index contributed by atoms with van der Waals surface area (Å²) in [6.07, 6.45) is -0.634. The number of nitrogens with one attached hydrogen (secondary N) is 1. The molecular formula is C14H17FN2O2. The average Bonchev–Trinajstić information content (AvgIpc) is 2.28. The van der Waals surface area contributed by atoms with Crippen LogP contribution in [0.25, 0.3) is 0 Å². The fraction of sp³-hybridized carbons (Fsp3) is 0.429. The van der Waals surface area contributed by atoms with E-state index in [2.05, 4.69) is 5.32 Å². The summed E-state index contributed by atoms with van der Waals surface area (Å²) >= 11 is 0. The summed E-state index contributed by atoms with van der Waals surface area (Å²) in [5.41, 5.74) is 0.184. The lowest BCUT2D eigenvalue weighted by atomic mass is 10.0. The third-order valence-electron chi connectivity index (χ3n) is 2.31. The second-order valence-corrected chi connectivity index (χ2v) is 5.21. The van der Waals surface area contributed by atoms with E-state index in [9.17, 15) is 9.18 Å². The number of carbonyl (C=O) groups excluding carboxylic acids is 1. The van der Waals surface area contributed by atoms with Crippen LogP contribution < -0.4 is 5.32 Å². The molecule has 1 aromatic rings. The number of rotatable bonds is 2. The van der Waals surface area contributed by atoms with Crippen molar-refractivity contribution >= 4 is 11.8 Å². The maximum absolute atomic E-state index is 13.2. The number of nitrogens with zero attached hydrogens (tertiary/aromatic N) is 1. The van der Waals surface area contributed by atoms with Crippen LogP contribution >= 0.6 is 0 Å². The smallest absolute Gasteiger partial charge is 0.412 e. The number of ether oxygens (including phenoxy) is 1. The molecule has 1 N–H and O–H groups in total. The van der Waals surface area contributed by atoms with Gasteiger partial charge in [-0.1, -0.05) is 0 Å². The molecule has 0 saturated heterocycles. The van der Waals surface area contributed by atoms with Crippen molar-refractivity contribution in [2.24, 2.45) is 0 Å². The lowest BCUT2D eigenvalue weighted by Crippen LogP contribution is -2.27. The zero-order valence-electron chi connectivity index (χ0n) is 11.5. The van der Waals surface area contributed by atoms with Crippen LogP contribution in [-0.2, 0) is 4.74 Å². The molecule has 1 atom stereocenters. The normalized spacial score (nSPS) is 12.4. The quantitative estimate of drug-likeness (QED) is 0.883. The van der Waals surface area contributed by atoms with Gasteiger partial charge in [0.15, 0.2) is 0 Å². The number of nitriles is 1. The third-order valence-corrected chi connectivity index (χ3v) is 2.31. The Hall–Kier alpha value is -2.09. The van der Waals surface area contributed by atoms with Crippen molar-refractivity contribution in [1.82, 2.24) is 0 Å². The van der Waals surface area contributed by atoms with Crippen molar-refractivity contribution in [3.05, 3.63) is 29.6 Å². The second kappa shape index (κ2) is 5.70. The summed E-state index contributed by atoms with van der Waals surface area (Å²) in [6, 6.07) is 5.89. The summed E-state index contributed by atoms with van der Waals surface area (Å²) < 4.78 is 18.3. The average molecular weight is 264 g/mol. The number of hydrogen-bond acceptors (Lipinski definition) is 3. The first kappa shape index (κ1) is 15.0. The van der Waals surface area contributed by atoms with E-state index in [0.717, 1.165) is 0 Å². The van der Waals surface area contributed by atoms with Crippen molar-refractivity contribution in [1.29, 1.82) is 5.26 Å². The lowest BCUT2D eigenvalue weighted by Gasteiger charge is -2.20. The molecule has 0 bridgehead atoms. The van der Waals surface area contributed by atoms with Gasteiger partial charge in [0.25, 0.3) is 0 Å². The van der Waals surface area contributed by atoms with Crippen molar-refractivity contribution in [3.8, 4) is 6.07 Å². The predicted octanol–water partition coefficient (Wildman–Crippen LogP) is 3.80. The van der Waals surface area contributed by atoms with E-state index in [4.69, 9.17) is 10.00 Å². The molecule has 0 radical (unpaired) electrons. The van der Waals surface area contributed by atoms with Gasteiger partial charge in [0, 0.05) is 5.69 Å². The Labute approximate surface area is 112 Å². The van der Waals surface area contributed by atoms with E-state index in [1.807, 2.05) is 6.07 Å². The van der Waals surface area contributed by atoms with E-state index in [1.54, 1.807) is 27.7 Å².